The third-order valence-electron chi connectivity index (χ3n) is 1.94. The van der Waals surface area contributed by atoms with Crippen molar-refractivity contribution in [3.8, 4) is 5.75 Å². The van der Waals surface area contributed by atoms with Crippen LogP contribution in [0.15, 0.2) is 30.3 Å². The molecule has 90 valence electrons. The second kappa shape index (κ2) is 6.04. The molecule has 0 saturated carbocycles. The molecule has 0 bridgehead atoms. The van der Waals surface area contributed by atoms with Crippen molar-refractivity contribution in [2.45, 2.75) is 20.3 Å². The van der Waals surface area contributed by atoms with E-state index in [0.29, 0.717) is 18.3 Å². The van der Waals surface area contributed by atoms with Crippen LogP contribution in [0, 0.1) is 5.92 Å². The highest BCUT2D eigenvalue weighted by Gasteiger charge is 2.19. The number of para-hydroxylation sites is 1. The number of rotatable bonds is 6. The van der Waals surface area contributed by atoms with E-state index in [4.69, 9.17) is 14.6 Å². The van der Waals surface area contributed by atoms with Crippen molar-refractivity contribution >= 4 is 7.75 Å². The van der Waals surface area contributed by atoms with Crippen LogP contribution in [0.1, 0.15) is 20.3 Å². The van der Waals surface area contributed by atoms with Crippen LogP contribution in [0.2, 0.25) is 0 Å². The average Bonchev–Trinajstić information content (AvgIpc) is 2.17. The van der Waals surface area contributed by atoms with E-state index in [2.05, 4.69) is 13.8 Å². The quantitative estimate of drug-likeness (QED) is 0.779. The fourth-order valence-electron chi connectivity index (χ4n) is 1.07. The average molecular weight is 243 g/mol. The Bertz CT molecular complexity index is 354. The number of hydrogen-bond acceptors (Lipinski definition) is 3. The van der Waals surface area contributed by atoms with Gasteiger partial charge in [0.05, 0.1) is 6.61 Å². The Hall–Kier alpha value is -0.830. The first-order valence-corrected chi connectivity index (χ1v) is 6.88. The molecule has 1 rings (SSSR count). The third-order valence-corrected chi connectivity index (χ3v) is 2.95. The van der Waals surface area contributed by atoms with Crippen molar-refractivity contribution in [2.24, 2.45) is 11.4 Å². The molecule has 0 aliphatic carbocycles. The Morgan fingerprint density at radius 2 is 1.94 bits per heavy atom. The fourth-order valence-corrected chi connectivity index (χ4v) is 1.90. The van der Waals surface area contributed by atoms with E-state index in [-0.39, 0.29) is 0 Å². The van der Waals surface area contributed by atoms with Crippen LogP contribution in [0.4, 0.5) is 0 Å². The van der Waals surface area contributed by atoms with Crippen molar-refractivity contribution < 1.29 is 13.6 Å². The summed E-state index contributed by atoms with van der Waals surface area (Å²) in [4.78, 5) is 0. The Labute approximate surface area is 96.3 Å². The highest BCUT2D eigenvalue weighted by molar-refractivity contribution is 7.51. The Morgan fingerprint density at radius 3 is 2.50 bits per heavy atom. The smallest absolute Gasteiger partial charge is 0.413 e. The van der Waals surface area contributed by atoms with Gasteiger partial charge in [-0.2, -0.15) is 0 Å². The van der Waals surface area contributed by atoms with Crippen molar-refractivity contribution in [3.63, 3.8) is 0 Å². The van der Waals surface area contributed by atoms with Crippen LogP contribution in [0.5, 0.6) is 5.75 Å². The van der Waals surface area contributed by atoms with Gasteiger partial charge in [0.15, 0.2) is 0 Å². The lowest BCUT2D eigenvalue weighted by Gasteiger charge is -2.14. The SMILES string of the molecule is CC(C)CCOP(N)(=O)Oc1ccccc1. The molecule has 0 radical (unpaired) electrons. The van der Waals surface area contributed by atoms with Crippen molar-refractivity contribution in [1.82, 2.24) is 0 Å². The van der Waals surface area contributed by atoms with E-state index in [1.807, 2.05) is 6.07 Å². The summed E-state index contributed by atoms with van der Waals surface area (Å²) >= 11 is 0. The van der Waals surface area contributed by atoms with Crippen molar-refractivity contribution in [3.05, 3.63) is 30.3 Å². The summed E-state index contributed by atoms with van der Waals surface area (Å²) < 4.78 is 21.8. The lowest BCUT2D eigenvalue weighted by atomic mass is 10.2. The maximum Gasteiger partial charge on any atom is 0.456 e. The van der Waals surface area contributed by atoms with Crippen LogP contribution in [0.25, 0.3) is 0 Å². The molecule has 0 aliphatic heterocycles. The van der Waals surface area contributed by atoms with Crippen LogP contribution in [0.3, 0.4) is 0 Å². The van der Waals surface area contributed by atoms with Crippen LogP contribution in [-0.2, 0) is 9.09 Å². The molecule has 0 fully saturated rings. The molecule has 0 spiro atoms. The van der Waals surface area contributed by atoms with Crippen molar-refractivity contribution in [1.29, 1.82) is 0 Å². The molecule has 2 N–H and O–H groups in total. The van der Waals surface area contributed by atoms with E-state index < -0.39 is 7.75 Å². The molecule has 0 aliphatic rings. The van der Waals surface area contributed by atoms with Gasteiger partial charge in [0.1, 0.15) is 5.75 Å². The normalized spacial score (nSPS) is 14.8. The molecule has 0 amide bonds. The molecule has 1 atom stereocenters. The van der Waals surface area contributed by atoms with Crippen LogP contribution in [-0.4, -0.2) is 6.61 Å². The standard InChI is InChI=1S/C11H18NO3P/c1-10(2)8-9-14-16(12,13)15-11-6-4-3-5-7-11/h3-7,10H,8-9H2,1-2H3,(H2,12,13). The summed E-state index contributed by atoms with van der Waals surface area (Å²) in [5, 5.41) is 0. The van der Waals surface area contributed by atoms with Crippen LogP contribution >= 0.6 is 7.75 Å². The zero-order chi connectivity index (χ0) is 12.0. The maximum atomic E-state index is 11.7. The van der Waals surface area contributed by atoms with Gasteiger partial charge in [0.25, 0.3) is 0 Å². The van der Waals surface area contributed by atoms with E-state index in [1.165, 1.54) is 0 Å². The molecule has 1 aromatic carbocycles. The molecule has 0 aromatic heterocycles. The first kappa shape index (κ1) is 13.2. The lowest BCUT2D eigenvalue weighted by molar-refractivity contribution is 0.249. The van der Waals surface area contributed by atoms with Crippen molar-refractivity contribution in [2.75, 3.05) is 6.61 Å². The monoisotopic (exact) mass is 243 g/mol. The Balaban J connectivity index is 2.43. The molecule has 1 aromatic rings. The molecular formula is C11H18NO3P. The summed E-state index contributed by atoms with van der Waals surface area (Å²) in [6, 6.07) is 8.78. The van der Waals surface area contributed by atoms with E-state index >= 15 is 0 Å². The largest absolute Gasteiger partial charge is 0.456 e. The Morgan fingerprint density at radius 1 is 1.31 bits per heavy atom. The zero-order valence-corrected chi connectivity index (χ0v) is 10.5. The Kier molecular flexibility index (Phi) is 5.00. The molecule has 0 heterocycles. The first-order chi connectivity index (χ1) is 7.49. The van der Waals surface area contributed by atoms with Crippen LogP contribution < -0.4 is 10.0 Å². The second-order valence-corrected chi connectivity index (χ2v) is 5.48. The van der Waals surface area contributed by atoms with Gasteiger partial charge in [-0.25, -0.2) is 10.1 Å². The predicted octanol–water partition coefficient (Wildman–Crippen LogP) is 3.19. The highest BCUT2D eigenvalue weighted by Crippen LogP contribution is 2.40. The molecule has 16 heavy (non-hydrogen) atoms. The summed E-state index contributed by atoms with van der Waals surface area (Å²) in [7, 11) is -3.47. The summed E-state index contributed by atoms with van der Waals surface area (Å²) in [5.74, 6) is 0.939. The van der Waals surface area contributed by atoms with E-state index in [9.17, 15) is 4.57 Å². The van der Waals surface area contributed by atoms with E-state index in [0.717, 1.165) is 6.42 Å². The molecular weight excluding hydrogens is 225 g/mol. The minimum Gasteiger partial charge on any atom is -0.413 e. The minimum atomic E-state index is -3.47. The number of nitrogens with two attached hydrogens (primary N) is 1. The van der Waals surface area contributed by atoms with Gasteiger partial charge in [-0.1, -0.05) is 32.0 Å². The third kappa shape index (κ3) is 5.31. The second-order valence-electron chi connectivity index (χ2n) is 3.96. The number of hydrogen-bond donors (Lipinski definition) is 1. The minimum absolute atomic E-state index is 0.346. The van der Waals surface area contributed by atoms with Gasteiger partial charge >= 0.3 is 7.75 Å². The van der Waals surface area contributed by atoms with Gasteiger partial charge in [-0.3, -0.25) is 4.52 Å². The first-order valence-electron chi connectivity index (χ1n) is 5.27. The topological polar surface area (TPSA) is 61.5 Å². The lowest BCUT2D eigenvalue weighted by Crippen LogP contribution is -2.08. The maximum absolute atomic E-state index is 11.7. The summed E-state index contributed by atoms with van der Waals surface area (Å²) in [6.45, 7) is 4.46. The predicted molar refractivity (Wildman–Crippen MR) is 64.3 cm³/mol. The molecule has 4 nitrogen and oxygen atoms in total. The highest BCUT2D eigenvalue weighted by atomic mass is 31.2. The van der Waals surface area contributed by atoms with Gasteiger partial charge in [0.2, 0.25) is 0 Å². The van der Waals surface area contributed by atoms with Gasteiger partial charge < -0.3 is 4.52 Å². The summed E-state index contributed by atoms with van der Waals surface area (Å²) in [6.07, 6.45) is 0.805. The van der Waals surface area contributed by atoms with Gasteiger partial charge in [-0.15, -0.1) is 0 Å². The van der Waals surface area contributed by atoms with Gasteiger partial charge in [0, 0.05) is 0 Å². The van der Waals surface area contributed by atoms with Gasteiger partial charge in [-0.05, 0) is 24.5 Å². The summed E-state index contributed by atoms with van der Waals surface area (Å²) in [5.41, 5.74) is 5.45. The molecule has 1 unspecified atom stereocenters. The molecule has 5 heteroatoms. The fraction of sp³-hybridized carbons (Fsp3) is 0.455. The zero-order valence-electron chi connectivity index (χ0n) is 9.63. The molecule has 0 saturated heterocycles. The number of benzene rings is 1. The van der Waals surface area contributed by atoms with E-state index in [1.54, 1.807) is 24.3 Å².